The molecule has 1 aliphatic carbocycles. The standard InChI is InChI=1S/C22H30N6O2.C10H11NO/c1-27-13-9-18(10-14-27)30-17-7-5-16(6-8-17)25-22-20(21(23)29)24-15-19(26-22)28-11-3-2-4-12-28;11-10(12)9-5-3-8(4-6-9)7-1-2-7/h5-8,15,18H,2-4,9-14H2,1H3,(H2,23,29)(H,25,26);3-7H,1-2H2,(H2,11,12). The Morgan fingerprint density at radius 2 is 1.52 bits per heavy atom. The minimum absolute atomic E-state index is 0.141. The molecule has 3 fully saturated rings. The number of rotatable bonds is 8. The van der Waals surface area contributed by atoms with Crippen LogP contribution in [0.25, 0.3) is 0 Å². The van der Waals surface area contributed by atoms with E-state index in [0.29, 0.717) is 11.4 Å². The Balaban J connectivity index is 0.000000244. The van der Waals surface area contributed by atoms with Gasteiger partial charge in [0.15, 0.2) is 11.5 Å². The molecule has 10 heteroatoms. The van der Waals surface area contributed by atoms with Crippen molar-refractivity contribution in [2.24, 2.45) is 11.5 Å². The number of carbonyl (C=O) groups is 2. The van der Waals surface area contributed by atoms with Gasteiger partial charge in [0, 0.05) is 37.4 Å². The summed E-state index contributed by atoms with van der Waals surface area (Å²) >= 11 is 0. The highest BCUT2D eigenvalue weighted by molar-refractivity contribution is 5.96. The van der Waals surface area contributed by atoms with Crippen molar-refractivity contribution in [1.29, 1.82) is 0 Å². The number of nitrogens with zero attached hydrogens (tertiary/aromatic N) is 4. The molecule has 1 aromatic heterocycles. The topological polar surface area (TPSA) is 140 Å². The van der Waals surface area contributed by atoms with E-state index in [4.69, 9.17) is 16.2 Å². The van der Waals surface area contributed by atoms with Crippen molar-refractivity contribution in [2.75, 3.05) is 43.4 Å². The van der Waals surface area contributed by atoms with Gasteiger partial charge in [-0.2, -0.15) is 0 Å². The van der Waals surface area contributed by atoms with Crippen LogP contribution in [0, 0.1) is 0 Å². The fraction of sp³-hybridized carbons (Fsp3) is 0.438. The third-order valence-electron chi connectivity index (χ3n) is 8.00. The van der Waals surface area contributed by atoms with Gasteiger partial charge in [0.05, 0.1) is 6.20 Å². The summed E-state index contributed by atoms with van der Waals surface area (Å²) in [5, 5.41) is 3.21. The van der Waals surface area contributed by atoms with E-state index in [-0.39, 0.29) is 17.7 Å². The largest absolute Gasteiger partial charge is 0.490 e. The highest BCUT2D eigenvalue weighted by Gasteiger charge is 2.23. The first-order chi connectivity index (χ1) is 20.4. The maximum Gasteiger partial charge on any atom is 0.271 e. The van der Waals surface area contributed by atoms with Crippen LogP contribution in [0.15, 0.2) is 54.7 Å². The molecule has 222 valence electrons. The molecule has 0 atom stereocenters. The SMILES string of the molecule is CN1CCC(Oc2ccc(Nc3nc(N4CCCCC4)cnc3C(N)=O)cc2)CC1.NC(=O)c1ccc(C2CC2)cc1. The van der Waals surface area contributed by atoms with Crippen molar-refractivity contribution < 1.29 is 14.3 Å². The van der Waals surface area contributed by atoms with Gasteiger partial charge in [-0.1, -0.05) is 12.1 Å². The Bertz CT molecular complexity index is 1350. The lowest BCUT2D eigenvalue weighted by atomic mass is 10.1. The summed E-state index contributed by atoms with van der Waals surface area (Å²) in [6, 6.07) is 15.3. The lowest BCUT2D eigenvalue weighted by Gasteiger charge is -2.29. The maximum atomic E-state index is 11.8. The van der Waals surface area contributed by atoms with E-state index in [2.05, 4.69) is 32.1 Å². The van der Waals surface area contributed by atoms with Crippen LogP contribution in [0.5, 0.6) is 5.75 Å². The molecule has 2 amide bonds. The lowest BCUT2D eigenvalue weighted by molar-refractivity contribution is 0.0989. The highest BCUT2D eigenvalue weighted by Crippen LogP contribution is 2.39. The number of nitrogens with one attached hydrogen (secondary N) is 1. The Kier molecular flexibility index (Phi) is 9.53. The average Bonchev–Trinajstić information content (AvgIpc) is 3.86. The van der Waals surface area contributed by atoms with Gasteiger partial charge >= 0.3 is 0 Å². The van der Waals surface area contributed by atoms with Gasteiger partial charge in [-0.3, -0.25) is 9.59 Å². The smallest absolute Gasteiger partial charge is 0.271 e. The second-order valence-electron chi connectivity index (χ2n) is 11.4. The first-order valence-electron chi connectivity index (χ1n) is 14.9. The van der Waals surface area contributed by atoms with Crippen LogP contribution in [-0.2, 0) is 0 Å². The first-order valence-corrected chi connectivity index (χ1v) is 14.9. The molecule has 42 heavy (non-hydrogen) atoms. The summed E-state index contributed by atoms with van der Waals surface area (Å²) < 4.78 is 6.11. The van der Waals surface area contributed by atoms with Crippen molar-refractivity contribution in [2.45, 2.75) is 57.0 Å². The Hall–Kier alpha value is -4.18. The summed E-state index contributed by atoms with van der Waals surface area (Å²) in [7, 11) is 2.14. The van der Waals surface area contributed by atoms with E-state index >= 15 is 0 Å². The van der Waals surface area contributed by atoms with Crippen LogP contribution in [0.4, 0.5) is 17.3 Å². The van der Waals surface area contributed by atoms with Crippen LogP contribution < -0.4 is 26.4 Å². The molecule has 6 rings (SSSR count). The van der Waals surface area contributed by atoms with Crippen LogP contribution in [0.2, 0.25) is 0 Å². The van der Waals surface area contributed by atoms with Gasteiger partial charge in [0.2, 0.25) is 5.91 Å². The molecule has 0 radical (unpaired) electrons. The molecule has 0 bridgehead atoms. The van der Waals surface area contributed by atoms with Crippen molar-refractivity contribution >= 4 is 29.1 Å². The minimum atomic E-state index is -0.600. The number of hydrogen-bond donors (Lipinski definition) is 3. The maximum absolute atomic E-state index is 11.8. The number of likely N-dealkylation sites (tertiary alicyclic amines) is 1. The number of benzene rings is 2. The van der Waals surface area contributed by atoms with E-state index in [9.17, 15) is 9.59 Å². The zero-order valence-corrected chi connectivity index (χ0v) is 24.3. The van der Waals surface area contributed by atoms with Crippen molar-refractivity contribution in [3.8, 4) is 5.75 Å². The van der Waals surface area contributed by atoms with Crippen molar-refractivity contribution in [1.82, 2.24) is 14.9 Å². The van der Waals surface area contributed by atoms with E-state index in [1.165, 1.54) is 24.8 Å². The van der Waals surface area contributed by atoms with E-state index in [0.717, 1.165) is 75.0 Å². The number of hydrogen-bond acceptors (Lipinski definition) is 8. The van der Waals surface area contributed by atoms with Gasteiger partial charge < -0.3 is 31.3 Å². The lowest BCUT2D eigenvalue weighted by Crippen LogP contribution is -2.35. The highest BCUT2D eigenvalue weighted by atomic mass is 16.5. The summed E-state index contributed by atoms with van der Waals surface area (Å²) in [5.41, 5.74) is 13.5. The number of aromatic nitrogens is 2. The van der Waals surface area contributed by atoms with Crippen LogP contribution in [-0.4, -0.2) is 66.0 Å². The quantitative estimate of drug-likeness (QED) is 0.360. The Morgan fingerprint density at radius 1 is 0.857 bits per heavy atom. The number of primary amides is 2. The molecule has 2 saturated heterocycles. The fourth-order valence-electron chi connectivity index (χ4n) is 5.31. The summed E-state index contributed by atoms with van der Waals surface area (Å²) in [5.74, 6) is 1.79. The normalized spacial score (nSPS) is 17.6. The summed E-state index contributed by atoms with van der Waals surface area (Å²) in [4.78, 5) is 36.0. The molecule has 0 unspecified atom stereocenters. The average molecular weight is 572 g/mol. The molecule has 3 heterocycles. The molecule has 2 aliphatic heterocycles. The molecule has 3 aliphatic rings. The third-order valence-corrected chi connectivity index (χ3v) is 8.00. The minimum Gasteiger partial charge on any atom is -0.490 e. The fourth-order valence-corrected chi connectivity index (χ4v) is 5.31. The molecule has 1 saturated carbocycles. The van der Waals surface area contributed by atoms with E-state index < -0.39 is 5.91 Å². The zero-order chi connectivity index (χ0) is 29.5. The van der Waals surface area contributed by atoms with Crippen molar-refractivity contribution in [3.05, 3.63) is 71.5 Å². The van der Waals surface area contributed by atoms with Gasteiger partial charge in [0.1, 0.15) is 17.7 Å². The second kappa shape index (κ2) is 13.7. The predicted octanol–water partition coefficient (Wildman–Crippen LogP) is 4.45. The van der Waals surface area contributed by atoms with Crippen molar-refractivity contribution in [3.63, 3.8) is 0 Å². The number of amides is 2. The Labute approximate surface area is 247 Å². The van der Waals surface area contributed by atoms with Crippen LogP contribution in [0.3, 0.4) is 0 Å². The summed E-state index contributed by atoms with van der Waals surface area (Å²) in [6.07, 6.45) is 10.1. The van der Waals surface area contributed by atoms with E-state index in [1.54, 1.807) is 18.3 Å². The number of piperidine rings is 2. The number of carbonyl (C=O) groups excluding carboxylic acids is 2. The second-order valence-corrected chi connectivity index (χ2v) is 11.4. The van der Waals surface area contributed by atoms with Gasteiger partial charge in [-0.25, -0.2) is 9.97 Å². The van der Waals surface area contributed by atoms with E-state index in [1.807, 2.05) is 36.4 Å². The van der Waals surface area contributed by atoms with Crippen LogP contribution in [0.1, 0.15) is 77.3 Å². The predicted molar refractivity (Wildman–Crippen MR) is 164 cm³/mol. The molecular weight excluding hydrogens is 530 g/mol. The number of anilines is 3. The molecule has 0 spiro atoms. The Morgan fingerprint density at radius 3 is 2.12 bits per heavy atom. The molecule has 10 nitrogen and oxygen atoms in total. The van der Waals surface area contributed by atoms with Crippen LogP contribution >= 0.6 is 0 Å². The molecular formula is C32H41N7O3. The number of nitrogens with two attached hydrogens (primary N) is 2. The molecule has 3 aromatic rings. The molecule has 5 N–H and O–H groups in total. The third kappa shape index (κ3) is 7.97. The first kappa shape index (κ1) is 29.3. The monoisotopic (exact) mass is 571 g/mol. The van der Waals surface area contributed by atoms with Gasteiger partial charge in [-0.05, 0) is 99.9 Å². The molecule has 2 aromatic carbocycles. The number of ether oxygens (including phenoxy) is 1. The van der Waals surface area contributed by atoms with Gasteiger partial charge in [-0.15, -0.1) is 0 Å². The van der Waals surface area contributed by atoms with Gasteiger partial charge in [0.25, 0.3) is 5.91 Å². The summed E-state index contributed by atoms with van der Waals surface area (Å²) in [6.45, 7) is 4.03. The zero-order valence-electron chi connectivity index (χ0n) is 24.3.